The highest BCUT2D eigenvalue weighted by atomic mass is 35.5. The molecule has 124 valence electrons. The Morgan fingerprint density at radius 1 is 1.00 bits per heavy atom. The molecule has 0 radical (unpaired) electrons. The maximum absolute atomic E-state index is 12.8. The molecule has 0 aromatic heterocycles. The van der Waals surface area contributed by atoms with Crippen molar-refractivity contribution in [2.45, 2.75) is 37.1 Å². The summed E-state index contributed by atoms with van der Waals surface area (Å²) >= 11 is 13.9. The van der Waals surface area contributed by atoms with Crippen molar-refractivity contribution in [3.05, 3.63) is 51.5 Å². The lowest BCUT2D eigenvalue weighted by atomic mass is 10.0. The molecule has 0 atom stereocenters. The van der Waals surface area contributed by atoms with Gasteiger partial charge in [0.05, 0.1) is 15.6 Å². The van der Waals surface area contributed by atoms with E-state index in [1.165, 1.54) is 0 Å². The number of hydrogen-bond acceptors (Lipinski definition) is 1. The molecule has 0 aliphatic heterocycles. The van der Waals surface area contributed by atoms with Gasteiger partial charge in [-0.25, -0.2) is 0 Å². The Morgan fingerprint density at radius 3 is 2.04 bits per heavy atom. The molecular weight excluding hydrogens is 364 g/mol. The van der Waals surface area contributed by atoms with Gasteiger partial charge < -0.3 is 0 Å². The number of aryl methyl sites for hydroxylation is 1. The summed E-state index contributed by atoms with van der Waals surface area (Å²) in [6.07, 6.45) is -4.47. The second-order valence-electron chi connectivity index (χ2n) is 5.46. The summed E-state index contributed by atoms with van der Waals surface area (Å²) in [5, 5.41) is 0.380. The maximum atomic E-state index is 12.8. The number of rotatable bonds is 3. The summed E-state index contributed by atoms with van der Waals surface area (Å²) in [7, 11) is 0. The summed E-state index contributed by atoms with van der Waals surface area (Å²) in [5.74, 6) is 0. The first-order chi connectivity index (χ1) is 10.6. The minimum absolute atomic E-state index is 0.00539. The van der Waals surface area contributed by atoms with Gasteiger partial charge in [-0.1, -0.05) is 49.2 Å². The van der Waals surface area contributed by atoms with E-state index in [1.807, 2.05) is 25.1 Å². The largest absolute Gasteiger partial charge is 0.416 e. The number of halogens is 5. The van der Waals surface area contributed by atoms with Crippen molar-refractivity contribution >= 4 is 35.0 Å². The van der Waals surface area contributed by atoms with Crippen LogP contribution >= 0.6 is 35.0 Å². The third kappa shape index (κ3) is 4.37. The van der Waals surface area contributed by atoms with E-state index in [-0.39, 0.29) is 10.0 Å². The number of benzene rings is 2. The average molecular weight is 379 g/mol. The Bertz CT molecular complexity index is 701. The SMILES string of the molecule is Cc1ccc(-c2c(Cl)cc(C(F)(F)F)cc2Cl)cc1SC(C)C. The molecule has 0 amide bonds. The number of hydrogen-bond donors (Lipinski definition) is 0. The first-order valence-electron chi connectivity index (χ1n) is 6.93. The van der Waals surface area contributed by atoms with E-state index in [2.05, 4.69) is 13.8 Å². The van der Waals surface area contributed by atoms with Crippen molar-refractivity contribution in [2.24, 2.45) is 0 Å². The van der Waals surface area contributed by atoms with Crippen LogP contribution in [-0.4, -0.2) is 5.25 Å². The summed E-state index contributed by atoms with van der Waals surface area (Å²) in [6, 6.07) is 7.49. The van der Waals surface area contributed by atoms with Gasteiger partial charge in [-0.05, 0) is 36.2 Å². The lowest BCUT2D eigenvalue weighted by Crippen LogP contribution is -2.05. The van der Waals surface area contributed by atoms with Crippen LogP contribution in [0, 0.1) is 6.92 Å². The van der Waals surface area contributed by atoms with Gasteiger partial charge in [-0.3, -0.25) is 0 Å². The number of thioether (sulfide) groups is 1. The van der Waals surface area contributed by atoms with E-state index in [9.17, 15) is 13.2 Å². The topological polar surface area (TPSA) is 0 Å². The molecule has 0 saturated heterocycles. The third-order valence-corrected chi connectivity index (χ3v) is 4.97. The zero-order chi connectivity index (χ0) is 17.4. The fraction of sp³-hybridized carbons (Fsp3) is 0.294. The monoisotopic (exact) mass is 378 g/mol. The van der Waals surface area contributed by atoms with Crippen molar-refractivity contribution in [1.29, 1.82) is 0 Å². The van der Waals surface area contributed by atoms with Gasteiger partial charge in [0.1, 0.15) is 0 Å². The van der Waals surface area contributed by atoms with E-state index in [0.29, 0.717) is 16.4 Å². The Kier molecular flexibility index (Phi) is 5.59. The highest BCUT2D eigenvalue weighted by Crippen LogP contribution is 2.41. The second kappa shape index (κ2) is 6.96. The van der Waals surface area contributed by atoms with Crippen LogP contribution in [0.15, 0.2) is 35.2 Å². The van der Waals surface area contributed by atoms with Crippen LogP contribution in [-0.2, 0) is 6.18 Å². The summed E-state index contributed by atoms with van der Waals surface area (Å²) < 4.78 is 38.5. The Labute approximate surface area is 148 Å². The van der Waals surface area contributed by atoms with Crippen LogP contribution in [0.3, 0.4) is 0 Å². The normalized spacial score (nSPS) is 12.0. The van der Waals surface area contributed by atoms with Crippen molar-refractivity contribution < 1.29 is 13.2 Å². The molecule has 0 bridgehead atoms. The van der Waals surface area contributed by atoms with Gasteiger partial charge in [0.2, 0.25) is 0 Å². The van der Waals surface area contributed by atoms with Crippen LogP contribution in [0.2, 0.25) is 10.0 Å². The smallest absolute Gasteiger partial charge is 0.166 e. The predicted octanol–water partition coefficient (Wildman–Crippen LogP) is 7.49. The quantitative estimate of drug-likeness (QED) is 0.498. The van der Waals surface area contributed by atoms with E-state index in [1.54, 1.807) is 11.8 Å². The lowest BCUT2D eigenvalue weighted by molar-refractivity contribution is -0.137. The second-order valence-corrected chi connectivity index (χ2v) is 7.89. The van der Waals surface area contributed by atoms with Crippen LogP contribution in [0.5, 0.6) is 0 Å². The summed E-state index contributed by atoms with van der Waals surface area (Å²) in [4.78, 5) is 1.06. The summed E-state index contributed by atoms with van der Waals surface area (Å²) in [5.41, 5.74) is 1.39. The molecule has 0 unspecified atom stereocenters. The molecule has 0 N–H and O–H groups in total. The molecular formula is C17H15Cl2F3S. The zero-order valence-corrected chi connectivity index (χ0v) is 15.1. The fourth-order valence-electron chi connectivity index (χ4n) is 2.15. The minimum Gasteiger partial charge on any atom is -0.166 e. The van der Waals surface area contributed by atoms with Gasteiger partial charge in [0, 0.05) is 15.7 Å². The van der Waals surface area contributed by atoms with E-state index >= 15 is 0 Å². The minimum atomic E-state index is -4.47. The van der Waals surface area contributed by atoms with E-state index in [4.69, 9.17) is 23.2 Å². The standard InChI is InChI=1S/C17H15Cl2F3S/c1-9(2)23-15-6-11(5-4-10(15)3)16-13(18)7-12(8-14(16)19)17(20,21)22/h4-9H,1-3H3. The van der Waals surface area contributed by atoms with E-state index in [0.717, 1.165) is 22.6 Å². The molecule has 2 aromatic carbocycles. The molecule has 0 heterocycles. The maximum Gasteiger partial charge on any atom is 0.416 e. The van der Waals surface area contributed by atoms with Crippen LogP contribution < -0.4 is 0 Å². The van der Waals surface area contributed by atoms with Crippen LogP contribution in [0.4, 0.5) is 13.2 Å². The van der Waals surface area contributed by atoms with Crippen LogP contribution in [0.25, 0.3) is 11.1 Å². The molecule has 0 spiro atoms. The summed E-state index contributed by atoms with van der Waals surface area (Å²) in [6.45, 7) is 6.15. The highest BCUT2D eigenvalue weighted by Gasteiger charge is 2.32. The average Bonchev–Trinajstić information content (AvgIpc) is 2.39. The van der Waals surface area contributed by atoms with Gasteiger partial charge in [-0.2, -0.15) is 13.2 Å². The predicted molar refractivity (Wildman–Crippen MR) is 92.6 cm³/mol. The molecule has 0 nitrogen and oxygen atoms in total. The van der Waals surface area contributed by atoms with E-state index < -0.39 is 11.7 Å². The van der Waals surface area contributed by atoms with Crippen molar-refractivity contribution in [1.82, 2.24) is 0 Å². The zero-order valence-electron chi connectivity index (χ0n) is 12.8. The molecule has 23 heavy (non-hydrogen) atoms. The first-order valence-corrected chi connectivity index (χ1v) is 8.57. The molecule has 6 heteroatoms. The molecule has 0 aliphatic rings. The van der Waals surface area contributed by atoms with Gasteiger partial charge in [0.25, 0.3) is 0 Å². The van der Waals surface area contributed by atoms with Crippen molar-refractivity contribution in [3.63, 3.8) is 0 Å². The van der Waals surface area contributed by atoms with Gasteiger partial charge in [0.15, 0.2) is 0 Å². The Morgan fingerprint density at radius 2 is 1.57 bits per heavy atom. The fourth-order valence-corrected chi connectivity index (χ4v) is 3.81. The molecule has 2 rings (SSSR count). The highest BCUT2D eigenvalue weighted by molar-refractivity contribution is 8.00. The molecule has 0 saturated carbocycles. The molecule has 0 fully saturated rings. The number of alkyl halides is 3. The Hall–Kier alpha value is -0.840. The molecule has 2 aromatic rings. The van der Waals surface area contributed by atoms with Crippen LogP contribution in [0.1, 0.15) is 25.0 Å². The third-order valence-electron chi connectivity index (χ3n) is 3.21. The lowest BCUT2D eigenvalue weighted by Gasteiger charge is -2.15. The molecule has 0 aliphatic carbocycles. The van der Waals surface area contributed by atoms with Crippen molar-refractivity contribution in [3.8, 4) is 11.1 Å². The Balaban J connectivity index is 2.55. The van der Waals surface area contributed by atoms with Gasteiger partial charge in [-0.15, -0.1) is 11.8 Å². The first kappa shape index (κ1) is 18.5. The van der Waals surface area contributed by atoms with Crippen molar-refractivity contribution in [2.75, 3.05) is 0 Å². The van der Waals surface area contributed by atoms with Gasteiger partial charge >= 0.3 is 6.18 Å².